The molecule has 2 aliphatic rings. The summed E-state index contributed by atoms with van der Waals surface area (Å²) in [7, 11) is -4.15. The van der Waals surface area contributed by atoms with Crippen molar-refractivity contribution in [1.82, 2.24) is 15.5 Å². The number of carbonyl (C=O) groups is 3. The number of hydrogen-bond donors (Lipinski definition) is 2. The quantitative estimate of drug-likeness (QED) is 0.197. The van der Waals surface area contributed by atoms with Gasteiger partial charge in [0.05, 0.1) is 35.7 Å². The lowest BCUT2D eigenvalue weighted by Crippen LogP contribution is -2.59. The highest BCUT2D eigenvalue weighted by molar-refractivity contribution is 8.00. The van der Waals surface area contributed by atoms with E-state index in [1.165, 1.54) is 36.0 Å². The van der Waals surface area contributed by atoms with Crippen LogP contribution >= 0.6 is 11.8 Å². The molecule has 1 aromatic carbocycles. The van der Waals surface area contributed by atoms with Crippen molar-refractivity contribution in [3.05, 3.63) is 24.3 Å². The number of nitriles is 1. The molecular formula is C26H33F3N4O7S2. The predicted octanol–water partition coefficient (Wildman–Crippen LogP) is 1.68. The Morgan fingerprint density at radius 2 is 1.83 bits per heavy atom. The average Bonchev–Trinajstić information content (AvgIpc) is 2.96. The summed E-state index contributed by atoms with van der Waals surface area (Å²) in [5.74, 6) is -5.85. The van der Waals surface area contributed by atoms with Crippen LogP contribution in [-0.4, -0.2) is 100 Å². The van der Waals surface area contributed by atoms with Crippen molar-refractivity contribution in [2.24, 2.45) is 5.92 Å². The molecule has 1 saturated carbocycles. The molecule has 0 radical (unpaired) electrons. The molecule has 1 heterocycles. The van der Waals surface area contributed by atoms with Gasteiger partial charge < -0.3 is 20.1 Å². The Hall–Kier alpha value is -2.87. The topological polar surface area (TPSA) is 155 Å². The number of hydrogen-bond acceptors (Lipinski definition) is 10. The summed E-state index contributed by atoms with van der Waals surface area (Å²) in [6.07, 6.45) is -5.10. The number of nitrogens with zero attached hydrogens (tertiary/aromatic N) is 2. The van der Waals surface area contributed by atoms with Crippen LogP contribution in [0.4, 0.5) is 13.2 Å². The molecule has 16 heteroatoms. The number of sulfone groups is 1. The number of amides is 2. The first-order valence-electron chi connectivity index (χ1n) is 13.4. The number of ether oxygens (including phenoxy) is 2. The maximum absolute atomic E-state index is 13.3. The van der Waals surface area contributed by atoms with Crippen molar-refractivity contribution < 1.29 is 45.4 Å². The summed E-state index contributed by atoms with van der Waals surface area (Å²) in [4.78, 5) is 39.6. The van der Waals surface area contributed by atoms with Crippen LogP contribution in [0.5, 0.6) is 0 Å². The Morgan fingerprint density at radius 3 is 2.48 bits per heavy atom. The summed E-state index contributed by atoms with van der Waals surface area (Å²) in [6, 6.07) is 7.28. The minimum Gasteiger partial charge on any atom is -0.442 e. The Bertz CT molecular complexity index is 1250. The van der Waals surface area contributed by atoms with Crippen molar-refractivity contribution in [2.45, 2.75) is 47.3 Å². The third-order valence-corrected chi connectivity index (χ3v) is 9.90. The molecule has 0 bridgehead atoms. The largest absolute Gasteiger partial charge is 0.490 e. The Balaban J connectivity index is 1.64. The number of morpholine rings is 1. The normalized spacial score (nSPS) is 21.6. The summed E-state index contributed by atoms with van der Waals surface area (Å²) in [5.41, 5.74) is -2.40. The van der Waals surface area contributed by atoms with E-state index in [-0.39, 0.29) is 35.8 Å². The zero-order valence-corrected chi connectivity index (χ0v) is 24.4. The molecule has 1 aliphatic heterocycles. The summed E-state index contributed by atoms with van der Waals surface area (Å²) >= 11 is 1.21. The SMILES string of the molecule is N#CCNC(=O)C1(OC(=O)C(F)(F)F)CCCCC1CS(=O)(=O)c1ccc(SCC(=O)NCCN2CCOCC2)cc1. The van der Waals surface area contributed by atoms with Gasteiger partial charge in [0.15, 0.2) is 15.4 Å². The van der Waals surface area contributed by atoms with Gasteiger partial charge in [-0.05, 0) is 43.5 Å². The van der Waals surface area contributed by atoms with Crippen LogP contribution in [0.15, 0.2) is 34.1 Å². The highest BCUT2D eigenvalue weighted by Crippen LogP contribution is 2.40. The lowest BCUT2D eigenvalue weighted by Gasteiger charge is -2.41. The van der Waals surface area contributed by atoms with Crippen molar-refractivity contribution in [1.29, 1.82) is 5.26 Å². The van der Waals surface area contributed by atoms with Crippen molar-refractivity contribution in [2.75, 3.05) is 57.4 Å². The third-order valence-electron chi connectivity index (χ3n) is 7.06. The zero-order chi connectivity index (χ0) is 30.8. The van der Waals surface area contributed by atoms with Gasteiger partial charge in [-0.25, -0.2) is 13.2 Å². The maximum Gasteiger partial charge on any atom is 0.490 e. The van der Waals surface area contributed by atoms with E-state index in [9.17, 15) is 36.0 Å². The fourth-order valence-corrected chi connectivity index (χ4v) is 7.33. The average molecular weight is 635 g/mol. The number of halogens is 3. The number of alkyl halides is 3. The van der Waals surface area contributed by atoms with Gasteiger partial charge in [0.25, 0.3) is 5.91 Å². The van der Waals surface area contributed by atoms with E-state index in [0.29, 0.717) is 37.6 Å². The first kappa shape index (κ1) is 33.6. The molecule has 0 aromatic heterocycles. The van der Waals surface area contributed by atoms with Crippen molar-refractivity contribution in [3.63, 3.8) is 0 Å². The smallest absolute Gasteiger partial charge is 0.442 e. The molecule has 1 aromatic rings. The lowest BCUT2D eigenvalue weighted by molar-refractivity contribution is -0.221. The van der Waals surface area contributed by atoms with E-state index in [4.69, 9.17) is 14.7 Å². The summed E-state index contributed by atoms with van der Waals surface area (Å²) < 4.78 is 75.9. The molecule has 232 valence electrons. The molecule has 0 spiro atoms. The number of esters is 1. The Kier molecular flexibility index (Phi) is 12.0. The second-order valence-corrected chi connectivity index (χ2v) is 13.0. The highest BCUT2D eigenvalue weighted by atomic mass is 32.2. The first-order chi connectivity index (χ1) is 19.9. The van der Waals surface area contributed by atoms with Crippen LogP contribution in [0.1, 0.15) is 25.7 Å². The number of nitrogens with one attached hydrogen (secondary N) is 2. The highest BCUT2D eigenvalue weighted by Gasteiger charge is 2.55. The molecule has 2 unspecified atom stereocenters. The molecule has 11 nitrogen and oxygen atoms in total. The first-order valence-corrected chi connectivity index (χ1v) is 16.0. The van der Waals surface area contributed by atoms with Gasteiger partial charge >= 0.3 is 12.1 Å². The molecule has 42 heavy (non-hydrogen) atoms. The minimum absolute atomic E-state index is 0.0128. The molecule has 2 N–H and O–H groups in total. The van der Waals surface area contributed by atoms with E-state index in [1.807, 2.05) is 0 Å². The minimum atomic E-state index is -5.41. The molecule has 1 saturated heterocycles. The number of thioether (sulfide) groups is 1. The van der Waals surface area contributed by atoms with Crippen LogP contribution in [0.3, 0.4) is 0 Å². The number of benzene rings is 1. The Morgan fingerprint density at radius 1 is 1.14 bits per heavy atom. The monoisotopic (exact) mass is 634 g/mol. The molecular weight excluding hydrogens is 601 g/mol. The van der Waals surface area contributed by atoms with Crippen LogP contribution in [-0.2, 0) is 33.7 Å². The van der Waals surface area contributed by atoms with Gasteiger partial charge in [0, 0.05) is 37.0 Å². The second-order valence-electron chi connectivity index (χ2n) is 9.91. The van der Waals surface area contributed by atoms with Crippen LogP contribution in [0, 0.1) is 17.2 Å². The third kappa shape index (κ3) is 9.32. The van der Waals surface area contributed by atoms with Crippen molar-refractivity contribution in [3.8, 4) is 6.07 Å². The number of carbonyl (C=O) groups excluding carboxylic acids is 3. The fourth-order valence-electron chi connectivity index (χ4n) is 4.89. The maximum atomic E-state index is 13.3. The van der Waals surface area contributed by atoms with E-state index in [2.05, 4.69) is 15.5 Å². The molecule has 2 fully saturated rings. The zero-order valence-electron chi connectivity index (χ0n) is 22.8. The van der Waals surface area contributed by atoms with E-state index < -0.39 is 51.7 Å². The van der Waals surface area contributed by atoms with Gasteiger partial charge in [0.2, 0.25) is 5.91 Å². The van der Waals surface area contributed by atoms with Crippen molar-refractivity contribution >= 4 is 39.4 Å². The van der Waals surface area contributed by atoms with Gasteiger partial charge in [-0.3, -0.25) is 14.5 Å². The standard InChI is InChI=1S/C26H33F3N4O7S2/c27-26(28,29)24(36)40-25(23(35)32-10-9-30)8-2-1-3-19(25)18-42(37,38)21-6-4-20(5-7-21)41-17-22(34)31-11-12-33-13-15-39-16-14-33/h4-7,19H,1-3,8,10-18H2,(H,31,34)(H,32,35). The van der Waals surface area contributed by atoms with Gasteiger partial charge in [-0.15, -0.1) is 11.8 Å². The summed E-state index contributed by atoms with van der Waals surface area (Å²) in [6.45, 7) is 3.61. The van der Waals surface area contributed by atoms with E-state index in [0.717, 1.165) is 13.1 Å². The van der Waals surface area contributed by atoms with Gasteiger partial charge in [0.1, 0.15) is 6.54 Å². The Labute approximate surface area is 246 Å². The number of rotatable bonds is 12. The van der Waals surface area contributed by atoms with Gasteiger partial charge in [-0.2, -0.15) is 18.4 Å². The van der Waals surface area contributed by atoms with E-state index in [1.54, 1.807) is 6.07 Å². The molecule has 3 rings (SSSR count). The van der Waals surface area contributed by atoms with Gasteiger partial charge in [-0.1, -0.05) is 6.42 Å². The molecule has 1 aliphatic carbocycles. The lowest BCUT2D eigenvalue weighted by atomic mass is 9.75. The predicted molar refractivity (Wildman–Crippen MR) is 145 cm³/mol. The molecule has 2 atom stereocenters. The molecule has 2 amide bonds. The van der Waals surface area contributed by atoms with Crippen LogP contribution in [0.25, 0.3) is 0 Å². The van der Waals surface area contributed by atoms with E-state index >= 15 is 0 Å². The fraction of sp³-hybridized carbons (Fsp3) is 0.615. The second kappa shape index (κ2) is 15.0. The van der Waals surface area contributed by atoms with Crippen LogP contribution < -0.4 is 10.6 Å². The van der Waals surface area contributed by atoms with Crippen LogP contribution in [0.2, 0.25) is 0 Å². The summed E-state index contributed by atoms with van der Waals surface area (Å²) in [5, 5.41) is 13.8.